The highest BCUT2D eigenvalue weighted by Gasteiger charge is 2.40. The van der Waals surface area contributed by atoms with Gasteiger partial charge in [-0.15, -0.1) is 12.4 Å². The monoisotopic (exact) mass is 260 g/mol. The van der Waals surface area contributed by atoms with E-state index in [1.54, 1.807) is 0 Å². The molecule has 17 heavy (non-hydrogen) atoms. The number of nitrogens with two attached hydrogens (primary N) is 1. The second-order valence-corrected chi connectivity index (χ2v) is 5.69. The molecule has 0 aromatic carbocycles. The second kappa shape index (κ2) is 6.05. The number of carbonyl (C=O) groups excluding carboxylic acids is 1. The average Bonchev–Trinajstić information content (AvgIpc) is 2.96. The van der Waals surface area contributed by atoms with E-state index < -0.39 is 0 Å². The normalized spacial score (nSPS) is 29.5. The number of nitrogens with one attached hydrogen (secondary N) is 1. The summed E-state index contributed by atoms with van der Waals surface area (Å²) in [5, 5.41) is 3.09. The van der Waals surface area contributed by atoms with Crippen LogP contribution in [0, 0.1) is 11.3 Å². The molecule has 2 aliphatic carbocycles. The van der Waals surface area contributed by atoms with Gasteiger partial charge in [-0.2, -0.15) is 0 Å². The van der Waals surface area contributed by atoms with Crippen LogP contribution in [0.15, 0.2) is 0 Å². The van der Waals surface area contributed by atoms with Gasteiger partial charge in [0, 0.05) is 19.0 Å². The fourth-order valence-corrected chi connectivity index (χ4v) is 2.75. The van der Waals surface area contributed by atoms with Crippen LogP contribution in [0.25, 0.3) is 0 Å². The minimum atomic E-state index is 0. The number of rotatable bonds is 5. The summed E-state index contributed by atoms with van der Waals surface area (Å²) in [4.78, 5) is 11.8. The van der Waals surface area contributed by atoms with Crippen molar-refractivity contribution in [2.45, 2.75) is 57.9 Å². The molecule has 0 aromatic rings. The van der Waals surface area contributed by atoms with Crippen molar-refractivity contribution >= 4 is 18.3 Å². The van der Waals surface area contributed by atoms with Crippen LogP contribution < -0.4 is 11.1 Å². The molecule has 2 saturated carbocycles. The first-order valence-corrected chi connectivity index (χ1v) is 6.67. The molecule has 1 amide bonds. The highest BCUT2D eigenvalue weighted by molar-refractivity contribution is 5.85. The van der Waals surface area contributed by atoms with Gasteiger partial charge >= 0.3 is 0 Å². The Morgan fingerprint density at radius 3 is 2.59 bits per heavy atom. The van der Waals surface area contributed by atoms with E-state index in [1.165, 1.54) is 25.7 Å². The first-order valence-electron chi connectivity index (χ1n) is 6.67. The van der Waals surface area contributed by atoms with Crippen molar-refractivity contribution in [2.24, 2.45) is 17.1 Å². The lowest BCUT2D eigenvalue weighted by Crippen LogP contribution is -2.34. The second-order valence-electron chi connectivity index (χ2n) is 5.69. The molecule has 3 nitrogen and oxygen atoms in total. The topological polar surface area (TPSA) is 55.1 Å². The summed E-state index contributed by atoms with van der Waals surface area (Å²) in [5.41, 5.74) is 6.42. The van der Waals surface area contributed by atoms with Gasteiger partial charge in [-0.1, -0.05) is 13.3 Å². The molecule has 0 aliphatic heterocycles. The van der Waals surface area contributed by atoms with E-state index in [1.807, 2.05) is 0 Å². The molecule has 0 aromatic heterocycles. The zero-order valence-corrected chi connectivity index (χ0v) is 11.5. The minimum absolute atomic E-state index is 0. The first kappa shape index (κ1) is 14.8. The molecule has 2 rings (SSSR count). The lowest BCUT2D eigenvalue weighted by atomic mass is 9.99. The maximum absolute atomic E-state index is 11.8. The Hall–Kier alpha value is -0.280. The molecule has 0 saturated heterocycles. The lowest BCUT2D eigenvalue weighted by Gasteiger charge is -2.17. The van der Waals surface area contributed by atoms with Gasteiger partial charge in [0.15, 0.2) is 0 Å². The third kappa shape index (κ3) is 3.85. The van der Waals surface area contributed by atoms with Gasteiger partial charge in [-0.25, -0.2) is 0 Å². The minimum Gasteiger partial charge on any atom is -0.356 e. The quantitative estimate of drug-likeness (QED) is 0.797. The Labute approximate surface area is 110 Å². The largest absolute Gasteiger partial charge is 0.356 e. The van der Waals surface area contributed by atoms with Crippen molar-refractivity contribution in [3.63, 3.8) is 0 Å². The molecule has 2 atom stereocenters. The Kier molecular flexibility index (Phi) is 5.26. The van der Waals surface area contributed by atoms with E-state index in [4.69, 9.17) is 5.73 Å². The fourth-order valence-electron chi connectivity index (χ4n) is 2.75. The summed E-state index contributed by atoms with van der Waals surface area (Å²) in [7, 11) is 0. The van der Waals surface area contributed by atoms with Crippen LogP contribution in [0.3, 0.4) is 0 Å². The number of hydrogen-bond acceptors (Lipinski definition) is 2. The predicted octanol–water partition coefficient (Wildman–Crippen LogP) is 2.23. The third-order valence-corrected chi connectivity index (χ3v) is 4.53. The first-order chi connectivity index (χ1) is 7.65. The number of hydrogen-bond donors (Lipinski definition) is 2. The summed E-state index contributed by atoms with van der Waals surface area (Å²) in [5.74, 6) is 0.638. The molecule has 0 bridgehead atoms. The van der Waals surface area contributed by atoms with Crippen molar-refractivity contribution in [2.75, 3.05) is 6.54 Å². The zero-order valence-electron chi connectivity index (χ0n) is 10.7. The molecule has 2 fully saturated rings. The van der Waals surface area contributed by atoms with Crippen molar-refractivity contribution in [1.29, 1.82) is 0 Å². The summed E-state index contributed by atoms with van der Waals surface area (Å²) in [6.07, 6.45) is 7.82. The van der Waals surface area contributed by atoms with Crippen molar-refractivity contribution in [1.82, 2.24) is 5.32 Å². The van der Waals surface area contributed by atoms with Gasteiger partial charge in [0.2, 0.25) is 5.91 Å². The van der Waals surface area contributed by atoms with E-state index in [-0.39, 0.29) is 24.4 Å². The Morgan fingerprint density at radius 1 is 1.41 bits per heavy atom. The number of amides is 1. The number of carbonyl (C=O) groups is 1. The molecule has 0 radical (unpaired) electrons. The summed E-state index contributed by atoms with van der Waals surface area (Å²) in [6.45, 7) is 3.09. The molecular weight excluding hydrogens is 236 g/mol. The van der Waals surface area contributed by atoms with Gasteiger partial charge in [0.1, 0.15) is 0 Å². The fraction of sp³-hybridized carbons (Fsp3) is 0.923. The lowest BCUT2D eigenvalue weighted by molar-refractivity contribution is -0.122. The molecule has 3 N–H and O–H groups in total. The summed E-state index contributed by atoms with van der Waals surface area (Å²) < 4.78 is 0. The molecule has 4 heteroatoms. The van der Waals surface area contributed by atoms with Crippen LogP contribution in [-0.4, -0.2) is 18.5 Å². The van der Waals surface area contributed by atoms with Crippen molar-refractivity contribution < 1.29 is 4.79 Å². The van der Waals surface area contributed by atoms with E-state index in [9.17, 15) is 4.79 Å². The summed E-state index contributed by atoms with van der Waals surface area (Å²) in [6, 6.07) is 0.256. The molecule has 0 unspecified atom stereocenters. The Morgan fingerprint density at radius 2 is 2.12 bits per heavy atom. The van der Waals surface area contributed by atoms with E-state index in [0.29, 0.717) is 17.8 Å². The van der Waals surface area contributed by atoms with Gasteiger partial charge in [0.25, 0.3) is 0 Å². The van der Waals surface area contributed by atoms with Crippen LogP contribution in [0.1, 0.15) is 51.9 Å². The average molecular weight is 261 g/mol. The van der Waals surface area contributed by atoms with Crippen LogP contribution >= 0.6 is 12.4 Å². The van der Waals surface area contributed by atoms with Crippen molar-refractivity contribution in [3.8, 4) is 0 Å². The van der Waals surface area contributed by atoms with Gasteiger partial charge in [-0.3, -0.25) is 4.79 Å². The predicted molar refractivity (Wildman–Crippen MR) is 72.1 cm³/mol. The highest BCUT2D eigenvalue weighted by atomic mass is 35.5. The van der Waals surface area contributed by atoms with Gasteiger partial charge in [0.05, 0.1) is 0 Å². The summed E-state index contributed by atoms with van der Waals surface area (Å²) >= 11 is 0. The van der Waals surface area contributed by atoms with Crippen LogP contribution in [0.2, 0.25) is 0 Å². The van der Waals surface area contributed by atoms with Crippen LogP contribution in [-0.2, 0) is 4.79 Å². The van der Waals surface area contributed by atoms with Gasteiger partial charge < -0.3 is 11.1 Å². The molecule has 2 aliphatic rings. The molecule has 100 valence electrons. The zero-order chi connectivity index (χ0) is 11.6. The smallest absolute Gasteiger partial charge is 0.220 e. The van der Waals surface area contributed by atoms with Crippen LogP contribution in [0.4, 0.5) is 0 Å². The van der Waals surface area contributed by atoms with Gasteiger partial charge in [-0.05, 0) is 43.4 Å². The highest BCUT2D eigenvalue weighted by Crippen LogP contribution is 2.47. The maximum Gasteiger partial charge on any atom is 0.220 e. The van der Waals surface area contributed by atoms with E-state index in [2.05, 4.69) is 12.2 Å². The maximum atomic E-state index is 11.8. The van der Waals surface area contributed by atoms with Crippen LogP contribution in [0.5, 0.6) is 0 Å². The van der Waals surface area contributed by atoms with Crippen molar-refractivity contribution in [3.05, 3.63) is 0 Å². The molecule has 0 spiro atoms. The van der Waals surface area contributed by atoms with E-state index in [0.717, 1.165) is 19.4 Å². The molecular formula is C13H25ClN2O. The Balaban J connectivity index is 0.00000144. The number of halogens is 1. The van der Waals surface area contributed by atoms with E-state index >= 15 is 0 Å². The Bertz CT molecular complexity index is 266. The standard InChI is InChI=1S/C13H24N2O.ClH/c1-2-13(6-7-13)9-15-12(16)8-10-4-3-5-11(10)14;/h10-11H,2-9,14H2,1H3,(H,15,16);1H/t10-,11+;/m0./s1. The SMILES string of the molecule is CCC1(CNC(=O)C[C@@H]2CCC[C@H]2N)CC1.Cl. The molecule has 0 heterocycles. The third-order valence-electron chi connectivity index (χ3n) is 4.53.